The summed E-state index contributed by atoms with van der Waals surface area (Å²) in [6, 6.07) is 11.0. The van der Waals surface area contributed by atoms with Gasteiger partial charge in [0.2, 0.25) is 20.0 Å². The van der Waals surface area contributed by atoms with Gasteiger partial charge in [-0.3, -0.25) is 19.1 Å². The van der Waals surface area contributed by atoms with Gasteiger partial charge in [0.1, 0.15) is 11.4 Å². The van der Waals surface area contributed by atoms with E-state index < -0.39 is 25.6 Å². The number of Topliss-reactive ketones (excluding diaryl/α,β-unsaturated/α-hetero) is 1. The number of carbonyl (C=O) groups is 1. The summed E-state index contributed by atoms with van der Waals surface area (Å²) in [5, 5.41) is 0. The van der Waals surface area contributed by atoms with Crippen molar-refractivity contribution in [3.8, 4) is 5.75 Å². The van der Waals surface area contributed by atoms with Crippen LogP contribution in [0.25, 0.3) is 0 Å². The van der Waals surface area contributed by atoms with Crippen molar-refractivity contribution in [1.29, 1.82) is 0 Å². The highest BCUT2D eigenvalue weighted by molar-refractivity contribution is 7.92. The van der Waals surface area contributed by atoms with Crippen LogP contribution in [0.5, 0.6) is 5.75 Å². The molecule has 0 saturated carbocycles. The van der Waals surface area contributed by atoms with E-state index in [-0.39, 0.29) is 18.2 Å². The summed E-state index contributed by atoms with van der Waals surface area (Å²) in [6.07, 6.45) is 6.84. The number of likely N-dealkylation sites (tertiary alicyclic amines) is 1. The second-order valence-electron chi connectivity index (χ2n) is 10.3. The third-order valence-corrected chi connectivity index (χ3v) is 8.54. The zero-order valence-corrected chi connectivity index (χ0v) is 23.3. The lowest BCUT2D eigenvalue weighted by molar-refractivity contribution is -0.0200. The van der Waals surface area contributed by atoms with Crippen LogP contribution < -0.4 is 14.2 Å². The van der Waals surface area contributed by atoms with Gasteiger partial charge < -0.3 is 4.74 Å². The summed E-state index contributed by atoms with van der Waals surface area (Å²) in [5.41, 5.74) is 3.30. The molecular formula is C25H32ClN3O6S2. The Hall–Kier alpha value is -2.34. The van der Waals surface area contributed by atoms with Crippen LogP contribution in [0.15, 0.2) is 36.4 Å². The highest BCUT2D eigenvalue weighted by atomic mass is 35.5. The minimum absolute atomic E-state index is 0. The number of ketones is 1. The Morgan fingerprint density at radius 3 is 2.19 bits per heavy atom. The number of carbonyl (C=O) groups excluding carboxylic acids is 1. The highest BCUT2D eigenvalue weighted by Crippen LogP contribution is 2.41. The molecule has 0 amide bonds. The first-order chi connectivity index (χ1) is 16.9. The Morgan fingerprint density at radius 2 is 1.54 bits per heavy atom. The SMILES string of the molecule is CS(=O)(=O)Nc1ccc2c(c1)CC[C@@H](N1CCC3(CC1)CC(=O)c1cc(NS(C)(=O)=O)ccc1O3)C2.Cl. The number of aryl methyl sites for hydroxylation is 1. The number of nitrogens with one attached hydrogen (secondary N) is 2. The zero-order valence-electron chi connectivity index (χ0n) is 20.8. The summed E-state index contributed by atoms with van der Waals surface area (Å²) < 4.78 is 57.5. The van der Waals surface area contributed by atoms with E-state index in [4.69, 9.17) is 4.74 Å². The van der Waals surface area contributed by atoms with Crippen molar-refractivity contribution < 1.29 is 26.4 Å². The number of ether oxygens (including phenoxy) is 1. The predicted molar refractivity (Wildman–Crippen MR) is 146 cm³/mol. The van der Waals surface area contributed by atoms with Gasteiger partial charge in [-0.05, 0) is 60.7 Å². The number of sulfonamides is 2. The molecule has 5 rings (SSSR count). The number of fused-ring (bicyclic) bond motifs is 2. The molecule has 0 aromatic heterocycles. The molecule has 1 fully saturated rings. The molecule has 2 aromatic carbocycles. The maximum Gasteiger partial charge on any atom is 0.229 e. The first-order valence-corrected chi connectivity index (χ1v) is 15.8. The van der Waals surface area contributed by atoms with Crippen molar-refractivity contribution in [3.63, 3.8) is 0 Å². The van der Waals surface area contributed by atoms with Gasteiger partial charge in [0.05, 0.1) is 24.5 Å². The molecule has 12 heteroatoms. The Labute approximate surface area is 224 Å². The van der Waals surface area contributed by atoms with Crippen molar-refractivity contribution in [2.45, 2.75) is 50.2 Å². The van der Waals surface area contributed by atoms with Gasteiger partial charge in [0.25, 0.3) is 0 Å². The number of benzene rings is 2. The number of nitrogens with zero attached hydrogens (tertiary/aromatic N) is 1. The first-order valence-electron chi connectivity index (χ1n) is 12.1. The molecule has 9 nitrogen and oxygen atoms in total. The average Bonchev–Trinajstić information content (AvgIpc) is 2.78. The fourth-order valence-electron chi connectivity index (χ4n) is 5.67. The number of halogens is 1. The van der Waals surface area contributed by atoms with Crippen LogP contribution in [0, 0.1) is 0 Å². The molecule has 202 valence electrons. The van der Waals surface area contributed by atoms with E-state index in [0.717, 1.165) is 57.7 Å². The third-order valence-electron chi connectivity index (χ3n) is 7.33. The molecule has 2 aliphatic heterocycles. The Kier molecular flexibility index (Phi) is 7.55. The highest BCUT2D eigenvalue weighted by Gasteiger charge is 2.44. The maximum absolute atomic E-state index is 13.0. The van der Waals surface area contributed by atoms with Crippen LogP contribution in [-0.2, 0) is 32.9 Å². The second kappa shape index (κ2) is 10.1. The number of hydrogen-bond donors (Lipinski definition) is 2. The van der Waals surface area contributed by atoms with Crippen LogP contribution in [-0.4, -0.2) is 64.8 Å². The molecule has 1 aliphatic carbocycles. The molecule has 1 spiro atoms. The van der Waals surface area contributed by atoms with E-state index in [0.29, 0.717) is 35.2 Å². The number of anilines is 2. The molecule has 2 aromatic rings. The number of rotatable bonds is 5. The topological polar surface area (TPSA) is 122 Å². The molecule has 37 heavy (non-hydrogen) atoms. The van der Waals surface area contributed by atoms with Crippen LogP contribution in [0.4, 0.5) is 11.4 Å². The van der Waals surface area contributed by atoms with E-state index in [9.17, 15) is 21.6 Å². The minimum Gasteiger partial charge on any atom is -0.486 e. The van der Waals surface area contributed by atoms with Crippen molar-refractivity contribution in [2.75, 3.05) is 35.0 Å². The lowest BCUT2D eigenvalue weighted by atomic mass is 9.80. The Balaban J connectivity index is 0.00000320. The van der Waals surface area contributed by atoms with Crippen molar-refractivity contribution in [2.24, 2.45) is 0 Å². The van der Waals surface area contributed by atoms with Crippen molar-refractivity contribution in [1.82, 2.24) is 4.90 Å². The van der Waals surface area contributed by atoms with Crippen LogP contribution in [0.1, 0.15) is 47.2 Å². The third kappa shape index (κ3) is 6.39. The Morgan fingerprint density at radius 1 is 0.919 bits per heavy atom. The van der Waals surface area contributed by atoms with Gasteiger partial charge in [-0.2, -0.15) is 0 Å². The summed E-state index contributed by atoms with van der Waals surface area (Å²) in [5.74, 6) is 0.496. The van der Waals surface area contributed by atoms with Gasteiger partial charge in [-0.1, -0.05) is 6.07 Å². The fourth-order valence-corrected chi connectivity index (χ4v) is 6.78. The molecule has 2 heterocycles. The zero-order chi connectivity index (χ0) is 25.7. The maximum atomic E-state index is 13.0. The number of hydrogen-bond acceptors (Lipinski definition) is 7. The van der Waals surface area contributed by atoms with E-state index >= 15 is 0 Å². The van der Waals surface area contributed by atoms with Crippen molar-refractivity contribution >= 4 is 49.6 Å². The lowest BCUT2D eigenvalue weighted by Gasteiger charge is -2.46. The van der Waals surface area contributed by atoms with E-state index in [2.05, 4.69) is 14.3 Å². The number of piperidine rings is 1. The van der Waals surface area contributed by atoms with E-state index in [1.165, 1.54) is 11.1 Å². The normalized spacial score (nSPS) is 21.2. The lowest BCUT2D eigenvalue weighted by Crippen LogP contribution is -2.54. The molecule has 1 saturated heterocycles. The smallest absolute Gasteiger partial charge is 0.229 e. The van der Waals surface area contributed by atoms with Crippen LogP contribution in [0.2, 0.25) is 0 Å². The van der Waals surface area contributed by atoms with Gasteiger partial charge in [0, 0.05) is 43.3 Å². The van der Waals surface area contributed by atoms with Crippen LogP contribution >= 0.6 is 12.4 Å². The van der Waals surface area contributed by atoms with E-state index in [1.54, 1.807) is 18.2 Å². The molecule has 2 N–H and O–H groups in total. The predicted octanol–water partition coefficient (Wildman–Crippen LogP) is 3.21. The van der Waals surface area contributed by atoms with Gasteiger partial charge in [-0.15, -0.1) is 12.4 Å². The monoisotopic (exact) mass is 569 g/mol. The van der Waals surface area contributed by atoms with Gasteiger partial charge in [-0.25, -0.2) is 16.8 Å². The summed E-state index contributed by atoms with van der Waals surface area (Å²) >= 11 is 0. The molecule has 3 aliphatic rings. The summed E-state index contributed by atoms with van der Waals surface area (Å²) in [6.45, 7) is 1.67. The molecule has 0 radical (unpaired) electrons. The summed E-state index contributed by atoms with van der Waals surface area (Å²) in [4.78, 5) is 15.5. The fraction of sp³-hybridized carbons (Fsp3) is 0.480. The molecule has 0 unspecified atom stereocenters. The standard InChI is InChI=1S/C25H31N3O6S2.ClH/c1-35(30,31)26-19-5-3-18-14-21(7-4-17(18)13-19)28-11-9-25(10-12-28)16-23(29)22-15-20(27-36(2,32)33)6-8-24(22)34-25;/h3,5-6,8,13,15,21,26-27H,4,7,9-12,14,16H2,1-2H3;1H/t21-;/m1./s1. The summed E-state index contributed by atoms with van der Waals surface area (Å²) in [7, 11) is -6.73. The molecular weight excluding hydrogens is 538 g/mol. The van der Waals surface area contributed by atoms with Gasteiger partial charge in [0.15, 0.2) is 5.78 Å². The van der Waals surface area contributed by atoms with E-state index in [1.807, 2.05) is 18.2 Å². The second-order valence-corrected chi connectivity index (χ2v) is 13.8. The quantitative estimate of drug-likeness (QED) is 0.567. The minimum atomic E-state index is -3.43. The van der Waals surface area contributed by atoms with Gasteiger partial charge >= 0.3 is 0 Å². The first kappa shape index (κ1) is 27.7. The largest absolute Gasteiger partial charge is 0.486 e. The van der Waals surface area contributed by atoms with Crippen molar-refractivity contribution in [3.05, 3.63) is 53.1 Å². The molecule has 1 atom stereocenters. The average molecular weight is 570 g/mol. The Bertz CT molecular complexity index is 1420. The van der Waals surface area contributed by atoms with Crippen LogP contribution in [0.3, 0.4) is 0 Å². The molecule has 0 bridgehead atoms.